The van der Waals surface area contributed by atoms with Gasteiger partial charge in [0, 0.05) is 5.39 Å². The van der Waals surface area contributed by atoms with Crippen LogP contribution in [0, 0.1) is 0 Å². The molecule has 2 aromatic rings. The molecule has 0 atom stereocenters. The zero-order chi connectivity index (χ0) is 34.3. The number of hydrogen-bond acceptors (Lipinski definition) is 4. The SMILES string of the molecule is CCCCCCCCCCCCCCCCCCCCOC(=O)c1cccc2cccc(C(=O)OCCCCCCCCCCCC)c12. The first-order chi connectivity index (χ1) is 23.7. The maximum atomic E-state index is 13.1. The summed E-state index contributed by atoms with van der Waals surface area (Å²) in [5.41, 5.74) is 0.890. The molecule has 48 heavy (non-hydrogen) atoms. The predicted octanol–water partition coefficient (Wildman–Crippen LogP) is 14.1. The lowest BCUT2D eigenvalue weighted by Crippen LogP contribution is -2.11. The average Bonchev–Trinajstić information content (AvgIpc) is 3.10. The summed E-state index contributed by atoms with van der Waals surface area (Å²) in [6, 6.07) is 11.1. The second kappa shape index (κ2) is 29.5. The fourth-order valence-corrected chi connectivity index (χ4v) is 6.76. The highest BCUT2D eigenvalue weighted by Gasteiger charge is 2.19. The Morgan fingerprint density at radius 2 is 0.667 bits per heavy atom. The molecular weight excluding hydrogens is 592 g/mol. The number of esters is 2. The topological polar surface area (TPSA) is 52.6 Å². The van der Waals surface area contributed by atoms with E-state index in [4.69, 9.17) is 9.47 Å². The number of carbonyl (C=O) groups is 2. The van der Waals surface area contributed by atoms with Crippen molar-refractivity contribution in [1.29, 1.82) is 0 Å². The highest BCUT2D eigenvalue weighted by molar-refractivity contribution is 6.13. The van der Waals surface area contributed by atoms with Gasteiger partial charge in [-0.2, -0.15) is 0 Å². The molecule has 4 heteroatoms. The van der Waals surface area contributed by atoms with Gasteiger partial charge >= 0.3 is 11.9 Å². The first-order valence-electron chi connectivity index (χ1n) is 20.5. The Bertz CT molecular complexity index is 1070. The number of rotatable bonds is 32. The summed E-state index contributed by atoms with van der Waals surface area (Å²) in [6.45, 7) is 5.37. The van der Waals surface area contributed by atoms with E-state index in [9.17, 15) is 9.59 Å². The summed E-state index contributed by atoms with van der Waals surface area (Å²) in [7, 11) is 0. The molecule has 0 aliphatic heterocycles. The molecule has 272 valence electrons. The molecular formula is C44H72O4. The second-order valence-electron chi connectivity index (χ2n) is 14.2. The van der Waals surface area contributed by atoms with E-state index in [2.05, 4.69) is 13.8 Å². The van der Waals surface area contributed by atoms with Crippen LogP contribution in [0.5, 0.6) is 0 Å². The van der Waals surface area contributed by atoms with Crippen LogP contribution in [0.3, 0.4) is 0 Å². The molecule has 2 rings (SSSR count). The van der Waals surface area contributed by atoms with Gasteiger partial charge < -0.3 is 9.47 Å². The van der Waals surface area contributed by atoms with Crippen LogP contribution >= 0.6 is 0 Å². The highest BCUT2D eigenvalue weighted by Crippen LogP contribution is 2.25. The van der Waals surface area contributed by atoms with Crippen molar-refractivity contribution in [3.05, 3.63) is 47.5 Å². The van der Waals surface area contributed by atoms with Crippen LogP contribution in [-0.2, 0) is 9.47 Å². The van der Waals surface area contributed by atoms with E-state index in [0.29, 0.717) is 29.7 Å². The lowest BCUT2D eigenvalue weighted by atomic mass is 9.99. The van der Waals surface area contributed by atoms with E-state index in [0.717, 1.165) is 31.1 Å². The van der Waals surface area contributed by atoms with Crippen molar-refractivity contribution in [2.75, 3.05) is 13.2 Å². The molecule has 0 N–H and O–H groups in total. The maximum absolute atomic E-state index is 13.1. The Labute approximate surface area is 295 Å². The van der Waals surface area contributed by atoms with Gasteiger partial charge in [-0.05, 0) is 30.4 Å². The van der Waals surface area contributed by atoms with Gasteiger partial charge in [-0.1, -0.05) is 205 Å². The van der Waals surface area contributed by atoms with Gasteiger partial charge in [0.1, 0.15) is 0 Å². The number of hydrogen-bond donors (Lipinski definition) is 0. The summed E-state index contributed by atoms with van der Waals surface area (Å²) in [4.78, 5) is 26.2. The first kappa shape index (κ1) is 41.8. The molecule has 0 spiro atoms. The lowest BCUT2D eigenvalue weighted by Gasteiger charge is -2.12. The van der Waals surface area contributed by atoms with Crippen molar-refractivity contribution in [2.24, 2.45) is 0 Å². The van der Waals surface area contributed by atoms with Crippen LogP contribution in [0.15, 0.2) is 36.4 Å². The van der Waals surface area contributed by atoms with Gasteiger partial charge in [-0.3, -0.25) is 0 Å². The number of unbranched alkanes of at least 4 members (excludes halogenated alkanes) is 26. The van der Waals surface area contributed by atoms with Gasteiger partial charge in [-0.15, -0.1) is 0 Å². The molecule has 0 fully saturated rings. The fourth-order valence-electron chi connectivity index (χ4n) is 6.76. The lowest BCUT2D eigenvalue weighted by molar-refractivity contribution is 0.0498. The Kier molecular flexibility index (Phi) is 25.7. The molecule has 0 radical (unpaired) electrons. The summed E-state index contributed by atoms with van der Waals surface area (Å²) >= 11 is 0. The van der Waals surface area contributed by atoms with Crippen LogP contribution in [0.25, 0.3) is 10.8 Å². The van der Waals surface area contributed by atoms with Crippen LogP contribution in [0.4, 0.5) is 0 Å². The van der Waals surface area contributed by atoms with E-state index in [1.807, 2.05) is 24.3 Å². The van der Waals surface area contributed by atoms with Crippen molar-refractivity contribution < 1.29 is 19.1 Å². The molecule has 0 aromatic heterocycles. The van der Waals surface area contributed by atoms with Gasteiger partial charge in [0.25, 0.3) is 0 Å². The Balaban J connectivity index is 1.56. The Morgan fingerprint density at radius 1 is 0.396 bits per heavy atom. The largest absolute Gasteiger partial charge is 0.462 e. The Hall–Kier alpha value is -2.36. The molecule has 0 unspecified atom stereocenters. The van der Waals surface area contributed by atoms with Crippen LogP contribution in [0.1, 0.15) is 214 Å². The van der Waals surface area contributed by atoms with E-state index >= 15 is 0 Å². The number of ether oxygens (including phenoxy) is 2. The minimum absolute atomic E-state index is 0.359. The highest BCUT2D eigenvalue weighted by atomic mass is 16.5. The minimum atomic E-state index is -0.361. The first-order valence-corrected chi connectivity index (χ1v) is 20.5. The second-order valence-corrected chi connectivity index (χ2v) is 14.2. The molecule has 0 saturated heterocycles. The summed E-state index contributed by atoms with van der Waals surface area (Å²) in [6.07, 6.45) is 36.4. The molecule has 0 saturated carbocycles. The average molecular weight is 665 g/mol. The molecule has 0 aliphatic carbocycles. The molecule has 0 heterocycles. The molecule has 2 aromatic carbocycles. The van der Waals surface area contributed by atoms with Crippen molar-refractivity contribution in [3.8, 4) is 0 Å². The quantitative estimate of drug-likeness (QED) is 0.0577. The number of carbonyl (C=O) groups excluding carboxylic acids is 2. The smallest absolute Gasteiger partial charge is 0.338 e. The standard InChI is InChI=1S/C44H72O4/c1-3-5-7-9-11-13-15-16-17-18-19-20-21-22-24-26-28-30-38-48-44(46)41-36-32-34-39-33-31-35-40(42(39)41)43(45)47-37-29-27-25-23-14-12-10-8-6-4-2/h31-36H,3-30,37-38H2,1-2H3. The van der Waals surface area contributed by atoms with E-state index < -0.39 is 0 Å². The van der Waals surface area contributed by atoms with Crippen molar-refractivity contribution in [2.45, 2.75) is 194 Å². The van der Waals surface area contributed by atoms with Gasteiger partial charge in [0.05, 0.1) is 24.3 Å². The molecule has 0 aliphatic rings. The monoisotopic (exact) mass is 665 g/mol. The van der Waals surface area contributed by atoms with Crippen molar-refractivity contribution in [1.82, 2.24) is 0 Å². The van der Waals surface area contributed by atoms with Crippen LogP contribution in [-0.4, -0.2) is 25.2 Å². The van der Waals surface area contributed by atoms with E-state index in [1.54, 1.807) is 12.1 Å². The zero-order valence-electron chi connectivity index (χ0n) is 31.3. The number of fused-ring (bicyclic) bond motifs is 1. The van der Waals surface area contributed by atoms with E-state index in [-0.39, 0.29) is 11.9 Å². The molecule has 0 amide bonds. The molecule has 0 bridgehead atoms. The summed E-state index contributed by atoms with van der Waals surface area (Å²) in [5.74, 6) is -0.720. The fraction of sp³-hybridized carbons (Fsp3) is 0.727. The van der Waals surface area contributed by atoms with Crippen molar-refractivity contribution in [3.63, 3.8) is 0 Å². The van der Waals surface area contributed by atoms with Crippen molar-refractivity contribution >= 4 is 22.7 Å². The van der Waals surface area contributed by atoms with Gasteiger partial charge in [0.15, 0.2) is 0 Å². The van der Waals surface area contributed by atoms with Crippen LogP contribution < -0.4 is 0 Å². The third-order valence-electron chi connectivity index (χ3n) is 9.81. The zero-order valence-corrected chi connectivity index (χ0v) is 31.3. The summed E-state index contributed by atoms with van der Waals surface area (Å²) in [5, 5.41) is 1.49. The predicted molar refractivity (Wildman–Crippen MR) is 205 cm³/mol. The maximum Gasteiger partial charge on any atom is 0.338 e. The third-order valence-corrected chi connectivity index (χ3v) is 9.81. The molecule has 4 nitrogen and oxygen atoms in total. The Morgan fingerprint density at radius 3 is 0.958 bits per heavy atom. The number of benzene rings is 2. The minimum Gasteiger partial charge on any atom is -0.462 e. The normalized spacial score (nSPS) is 11.3. The third kappa shape index (κ3) is 19.6. The van der Waals surface area contributed by atoms with E-state index in [1.165, 1.54) is 154 Å². The summed E-state index contributed by atoms with van der Waals surface area (Å²) < 4.78 is 11.3. The van der Waals surface area contributed by atoms with Crippen LogP contribution in [0.2, 0.25) is 0 Å². The van der Waals surface area contributed by atoms with Gasteiger partial charge in [-0.25, -0.2) is 9.59 Å². The van der Waals surface area contributed by atoms with Gasteiger partial charge in [0.2, 0.25) is 0 Å².